The highest BCUT2D eigenvalue weighted by molar-refractivity contribution is 6.29. The fraction of sp³-hybridized carbons (Fsp3) is 0.0769. The highest BCUT2D eigenvalue weighted by atomic mass is 35.5. The maximum atomic E-state index is 12.0. The van der Waals surface area contributed by atoms with Crippen molar-refractivity contribution in [3.63, 3.8) is 0 Å². The Hall–Kier alpha value is -2.07. The van der Waals surface area contributed by atoms with E-state index in [1.165, 1.54) is 6.20 Å². The van der Waals surface area contributed by atoms with Crippen molar-refractivity contribution in [3.05, 3.63) is 57.9 Å². The predicted molar refractivity (Wildman–Crippen MR) is 70.2 cm³/mol. The minimum Gasteiger partial charge on any atom is -0.477 e. The van der Waals surface area contributed by atoms with Gasteiger partial charge in [0.25, 0.3) is 0 Å². The number of para-hydroxylation sites is 1. The van der Waals surface area contributed by atoms with Crippen molar-refractivity contribution in [2.45, 2.75) is 6.54 Å². The lowest BCUT2D eigenvalue weighted by Crippen LogP contribution is -2.18. The molecule has 1 N–H and O–H groups in total. The number of pyridine rings is 1. The summed E-state index contributed by atoms with van der Waals surface area (Å²) < 4.78 is 1.61. The Morgan fingerprint density at radius 1 is 1.39 bits per heavy atom. The number of allylic oxidation sites excluding steroid dienone is 1. The van der Waals surface area contributed by atoms with Crippen LogP contribution in [0.3, 0.4) is 0 Å². The Morgan fingerprint density at radius 2 is 2.06 bits per heavy atom. The van der Waals surface area contributed by atoms with E-state index in [2.05, 4.69) is 6.58 Å². The molecule has 4 nitrogen and oxygen atoms in total. The zero-order valence-electron chi connectivity index (χ0n) is 9.39. The fourth-order valence-electron chi connectivity index (χ4n) is 1.81. The van der Waals surface area contributed by atoms with Crippen LogP contribution in [0.2, 0.25) is 0 Å². The second kappa shape index (κ2) is 4.66. The van der Waals surface area contributed by atoms with Crippen molar-refractivity contribution in [2.75, 3.05) is 0 Å². The van der Waals surface area contributed by atoms with Crippen LogP contribution in [0.5, 0.6) is 0 Å². The van der Waals surface area contributed by atoms with Gasteiger partial charge in [-0.1, -0.05) is 30.3 Å². The first-order chi connectivity index (χ1) is 8.50. The van der Waals surface area contributed by atoms with Crippen LogP contribution in [-0.2, 0) is 6.54 Å². The largest absolute Gasteiger partial charge is 0.477 e. The standard InChI is InChI=1S/C13H10ClNO3/c1-8(14)6-15-7-10(13(17)18)12(16)9-4-2-3-5-11(9)15/h2-5,7H,1,6H2,(H,17,18). The van der Waals surface area contributed by atoms with Crippen LogP contribution in [0.1, 0.15) is 10.4 Å². The van der Waals surface area contributed by atoms with Gasteiger partial charge in [0.15, 0.2) is 0 Å². The molecular formula is C13H10ClNO3. The number of halogens is 1. The summed E-state index contributed by atoms with van der Waals surface area (Å²) in [5.74, 6) is -1.25. The van der Waals surface area contributed by atoms with Crippen molar-refractivity contribution >= 4 is 28.5 Å². The first kappa shape index (κ1) is 12.4. The van der Waals surface area contributed by atoms with E-state index in [4.69, 9.17) is 16.7 Å². The number of hydrogen-bond donors (Lipinski definition) is 1. The molecule has 1 heterocycles. The smallest absolute Gasteiger partial charge is 0.341 e. The number of carboxylic acids is 1. The predicted octanol–water partition coefficient (Wildman–Crippen LogP) is 2.45. The lowest BCUT2D eigenvalue weighted by molar-refractivity contribution is 0.0695. The van der Waals surface area contributed by atoms with Crippen molar-refractivity contribution in [1.29, 1.82) is 0 Å². The molecule has 0 radical (unpaired) electrons. The van der Waals surface area contributed by atoms with Crippen LogP contribution < -0.4 is 5.43 Å². The quantitative estimate of drug-likeness (QED) is 0.925. The first-order valence-electron chi connectivity index (χ1n) is 5.19. The average Bonchev–Trinajstić information content (AvgIpc) is 2.32. The highest BCUT2D eigenvalue weighted by Gasteiger charge is 2.14. The molecule has 92 valence electrons. The molecule has 0 saturated heterocycles. The Morgan fingerprint density at radius 3 is 2.67 bits per heavy atom. The Labute approximate surface area is 108 Å². The summed E-state index contributed by atoms with van der Waals surface area (Å²) in [6.07, 6.45) is 1.29. The molecule has 0 aliphatic heterocycles. The lowest BCUT2D eigenvalue weighted by Gasteiger charge is -2.11. The summed E-state index contributed by atoms with van der Waals surface area (Å²) in [7, 11) is 0. The zero-order valence-corrected chi connectivity index (χ0v) is 10.1. The van der Waals surface area contributed by atoms with E-state index in [-0.39, 0.29) is 12.1 Å². The van der Waals surface area contributed by atoms with Crippen molar-refractivity contribution < 1.29 is 9.90 Å². The topological polar surface area (TPSA) is 59.3 Å². The van der Waals surface area contributed by atoms with Crippen LogP contribution in [0.25, 0.3) is 10.9 Å². The summed E-state index contributed by atoms with van der Waals surface area (Å²) >= 11 is 5.74. The van der Waals surface area contributed by atoms with Gasteiger partial charge in [0, 0.05) is 16.6 Å². The number of aromatic nitrogens is 1. The van der Waals surface area contributed by atoms with E-state index in [1.807, 2.05) is 0 Å². The maximum absolute atomic E-state index is 12.0. The van der Waals surface area contributed by atoms with Crippen LogP contribution in [-0.4, -0.2) is 15.6 Å². The number of hydrogen-bond acceptors (Lipinski definition) is 2. The molecule has 1 aromatic heterocycles. The van der Waals surface area contributed by atoms with Gasteiger partial charge in [-0.3, -0.25) is 4.79 Å². The number of aromatic carboxylic acids is 1. The van der Waals surface area contributed by atoms with E-state index < -0.39 is 11.4 Å². The first-order valence-corrected chi connectivity index (χ1v) is 5.57. The number of benzene rings is 1. The number of rotatable bonds is 3. The SMILES string of the molecule is C=C(Cl)Cn1cc(C(=O)O)c(=O)c2ccccc21. The van der Waals surface area contributed by atoms with E-state index in [0.29, 0.717) is 15.9 Å². The second-order valence-corrected chi connectivity index (χ2v) is 4.37. The summed E-state index contributed by atoms with van der Waals surface area (Å²) in [5, 5.41) is 9.73. The van der Waals surface area contributed by atoms with E-state index >= 15 is 0 Å². The molecule has 0 amide bonds. The van der Waals surface area contributed by atoms with Gasteiger partial charge in [-0.05, 0) is 12.1 Å². The molecule has 0 atom stereocenters. The normalized spacial score (nSPS) is 10.5. The fourth-order valence-corrected chi connectivity index (χ4v) is 1.94. The Kier molecular flexibility index (Phi) is 3.21. The molecule has 0 aliphatic rings. The van der Waals surface area contributed by atoms with Gasteiger partial charge in [-0.2, -0.15) is 0 Å². The van der Waals surface area contributed by atoms with Crippen LogP contribution in [0.15, 0.2) is 46.9 Å². The number of fused-ring (bicyclic) bond motifs is 1. The third-order valence-electron chi connectivity index (χ3n) is 2.56. The molecule has 18 heavy (non-hydrogen) atoms. The van der Waals surface area contributed by atoms with Gasteiger partial charge in [-0.25, -0.2) is 4.79 Å². The monoisotopic (exact) mass is 263 g/mol. The molecule has 0 unspecified atom stereocenters. The second-order valence-electron chi connectivity index (χ2n) is 3.84. The van der Waals surface area contributed by atoms with Crippen molar-refractivity contribution in [1.82, 2.24) is 4.57 Å². The summed E-state index contributed by atoms with van der Waals surface area (Å²) in [5.41, 5.74) is -0.129. The molecule has 0 bridgehead atoms. The third kappa shape index (κ3) is 2.15. The zero-order chi connectivity index (χ0) is 13.3. The molecule has 0 aliphatic carbocycles. The minimum absolute atomic E-state index is 0.253. The van der Waals surface area contributed by atoms with E-state index in [0.717, 1.165) is 0 Å². The number of carboxylic acid groups (broad SMARTS) is 1. The number of carbonyl (C=O) groups is 1. The molecule has 0 saturated carbocycles. The Balaban J connectivity index is 2.84. The summed E-state index contributed by atoms with van der Waals surface area (Å²) in [6, 6.07) is 6.80. The summed E-state index contributed by atoms with van der Waals surface area (Å²) in [4.78, 5) is 23.0. The van der Waals surface area contributed by atoms with Crippen LogP contribution in [0.4, 0.5) is 0 Å². The molecule has 5 heteroatoms. The molecule has 0 spiro atoms. The van der Waals surface area contributed by atoms with Crippen molar-refractivity contribution in [2.24, 2.45) is 0 Å². The lowest BCUT2D eigenvalue weighted by atomic mass is 10.1. The minimum atomic E-state index is -1.25. The van der Waals surface area contributed by atoms with Crippen molar-refractivity contribution in [3.8, 4) is 0 Å². The van der Waals surface area contributed by atoms with Gasteiger partial charge in [-0.15, -0.1) is 0 Å². The van der Waals surface area contributed by atoms with E-state index in [1.54, 1.807) is 28.8 Å². The van der Waals surface area contributed by atoms with Gasteiger partial charge >= 0.3 is 5.97 Å². The molecule has 2 rings (SSSR count). The van der Waals surface area contributed by atoms with Gasteiger partial charge in [0.05, 0.1) is 12.1 Å². The third-order valence-corrected chi connectivity index (χ3v) is 2.68. The highest BCUT2D eigenvalue weighted by Crippen LogP contribution is 2.14. The van der Waals surface area contributed by atoms with Gasteiger partial charge in [0.2, 0.25) is 5.43 Å². The molecular weight excluding hydrogens is 254 g/mol. The summed E-state index contributed by atoms with van der Waals surface area (Å²) in [6.45, 7) is 3.83. The molecule has 1 aromatic carbocycles. The van der Waals surface area contributed by atoms with Crippen LogP contribution in [0, 0.1) is 0 Å². The Bertz CT molecular complexity index is 703. The van der Waals surface area contributed by atoms with Gasteiger partial charge in [0.1, 0.15) is 5.56 Å². The number of nitrogens with zero attached hydrogens (tertiary/aromatic N) is 1. The maximum Gasteiger partial charge on any atom is 0.341 e. The van der Waals surface area contributed by atoms with Gasteiger partial charge < -0.3 is 9.67 Å². The van der Waals surface area contributed by atoms with Crippen LogP contribution >= 0.6 is 11.6 Å². The van der Waals surface area contributed by atoms with E-state index in [9.17, 15) is 9.59 Å². The average molecular weight is 264 g/mol. The molecule has 0 fully saturated rings. The molecule has 2 aromatic rings.